The van der Waals surface area contributed by atoms with Crippen LogP contribution in [0.5, 0.6) is 0 Å². The largest absolute Gasteiger partial charge is 0.395 e. The van der Waals surface area contributed by atoms with Gasteiger partial charge in [-0.25, -0.2) is 0 Å². The minimum atomic E-state index is 0.0617. The lowest BCUT2D eigenvalue weighted by atomic mass is 9.96. The van der Waals surface area contributed by atoms with Crippen molar-refractivity contribution in [3.63, 3.8) is 0 Å². The second kappa shape index (κ2) is 8.01. The molecule has 2 aromatic rings. The Hall–Kier alpha value is -1.28. The van der Waals surface area contributed by atoms with E-state index in [0.29, 0.717) is 17.6 Å². The van der Waals surface area contributed by atoms with Crippen molar-refractivity contribution < 1.29 is 9.63 Å². The highest BCUT2D eigenvalue weighted by Crippen LogP contribution is 2.23. The highest BCUT2D eigenvalue weighted by atomic mass is 32.1. The molecule has 2 N–H and O–H groups in total. The number of β-amino-alcohol motifs (C(OH)–C–C–N with tert-alkyl or cyclic N) is 1. The topological polar surface area (TPSA) is 74.4 Å². The van der Waals surface area contributed by atoms with Crippen LogP contribution >= 0.6 is 11.3 Å². The summed E-state index contributed by atoms with van der Waals surface area (Å²) in [6, 6.07) is 4.05. The van der Waals surface area contributed by atoms with Crippen molar-refractivity contribution in [2.45, 2.75) is 25.8 Å². The van der Waals surface area contributed by atoms with Gasteiger partial charge in [0.15, 0.2) is 0 Å². The van der Waals surface area contributed by atoms with Gasteiger partial charge in [0, 0.05) is 6.54 Å². The standard InChI is InChI=1S/C16H24N4O2S/c1-12(16-18-15(19-22-16)14-3-2-10-23-14)17-11-13-4-6-20(7-5-13)8-9-21/h2-3,10,12-13,17,21H,4-9,11H2,1H3/t12-/m1/s1. The summed E-state index contributed by atoms with van der Waals surface area (Å²) in [7, 11) is 0. The molecule has 0 aromatic carbocycles. The van der Waals surface area contributed by atoms with Crippen LogP contribution in [0.2, 0.25) is 0 Å². The van der Waals surface area contributed by atoms with Crippen LogP contribution in [-0.2, 0) is 0 Å². The molecular formula is C16H24N4O2S. The summed E-state index contributed by atoms with van der Waals surface area (Å²) in [4.78, 5) is 7.84. The molecule has 1 atom stereocenters. The van der Waals surface area contributed by atoms with Gasteiger partial charge in [0.05, 0.1) is 17.5 Å². The van der Waals surface area contributed by atoms with Crippen LogP contribution in [0.3, 0.4) is 0 Å². The second-order valence-electron chi connectivity index (χ2n) is 6.07. The quantitative estimate of drug-likeness (QED) is 0.807. The minimum absolute atomic E-state index is 0.0617. The number of rotatable bonds is 7. The highest BCUT2D eigenvalue weighted by Gasteiger charge is 2.21. The van der Waals surface area contributed by atoms with Gasteiger partial charge in [0.25, 0.3) is 0 Å². The molecule has 1 aliphatic heterocycles. The first-order valence-electron chi connectivity index (χ1n) is 8.20. The van der Waals surface area contributed by atoms with E-state index in [-0.39, 0.29) is 12.6 Å². The third-order valence-electron chi connectivity index (χ3n) is 4.39. The van der Waals surface area contributed by atoms with Gasteiger partial charge < -0.3 is 19.8 Å². The van der Waals surface area contributed by atoms with Crippen molar-refractivity contribution in [2.24, 2.45) is 5.92 Å². The van der Waals surface area contributed by atoms with E-state index in [0.717, 1.165) is 31.1 Å². The molecule has 126 valence electrons. The third kappa shape index (κ3) is 4.38. The Labute approximate surface area is 140 Å². The summed E-state index contributed by atoms with van der Waals surface area (Å²) in [5.74, 6) is 1.99. The number of aromatic nitrogens is 2. The monoisotopic (exact) mass is 336 g/mol. The van der Waals surface area contributed by atoms with Gasteiger partial charge in [-0.15, -0.1) is 11.3 Å². The molecule has 23 heavy (non-hydrogen) atoms. The maximum atomic E-state index is 8.98. The molecule has 3 heterocycles. The Balaban J connectivity index is 1.46. The van der Waals surface area contributed by atoms with E-state index in [1.165, 1.54) is 12.8 Å². The fourth-order valence-electron chi connectivity index (χ4n) is 2.90. The van der Waals surface area contributed by atoms with Crippen LogP contribution in [0.25, 0.3) is 10.7 Å². The van der Waals surface area contributed by atoms with Crippen LogP contribution in [0, 0.1) is 5.92 Å². The highest BCUT2D eigenvalue weighted by molar-refractivity contribution is 7.13. The zero-order chi connectivity index (χ0) is 16.1. The van der Waals surface area contributed by atoms with Crippen LogP contribution < -0.4 is 5.32 Å². The van der Waals surface area contributed by atoms with E-state index in [2.05, 4.69) is 27.3 Å². The number of hydrogen-bond donors (Lipinski definition) is 2. The van der Waals surface area contributed by atoms with Gasteiger partial charge in [-0.1, -0.05) is 11.2 Å². The summed E-state index contributed by atoms with van der Waals surface area (Å²) in [5, 5.41) is 18.6. The SMILES string of the molecule is C[C@@H](NCC1CCN(CCO)CC1)c1nc(-c2cccs2)no1. The number of aliphatic hydroxyl groups excluding tert-OH is 1. The number of likely N-dealkylation sites (tertiary alicyclic amines) is 1. The van der Waals surface area contributed by atoms with Crippen LogP contribution in [0.1, 0.15) is 31.7 Å². The van der Waals surface area contributed by atoms with E-state index >= 15 is 0 Å². The maximum Gasteiger partial charge on any atom is 0.243 e. The second-order valence-corrected chi connectivity index (χ2v) is 7.02. The first kappa shape index (κ1) is 16.6. The summed E-state index contributed by atoms with van der Waals surface area (Å²) in [6.45, 7) is 6.22. The lowest BCUT2D eigenvalue weighted by Crippen LogP contribution is -2.39. The van der Waals surface area contributed by atoms with Crippen molar-refractivity contribution in [1.82, 2.24) is 20.4 Å². The Kier molecular flexibility index (Phi) is 5.77. The van der Waals surface area contributed by atoms with Gasteiger partial charge in [-0.3, -0.25) is 0 Å². The lowest BCUT2D eigenvalue weighted by Gasteiger charge is -2.31. The first-order chi connectivity index (χ1) is 11.3. The number of aliphatic hydroxyl groups is 1. The Morgan fingerprint density at radius 2 is 2.30 bits per heavy atom. The summed E-state index contributed by atoms with van der Waals surface area (Å²) in [6.07, 6.45) is 2.34. The summed E-state index contributed by atoms with van der Waals surface area (Å²) in [5.41, 5.74) is 0. The molecule has 7 heteroatoms. The fourth-order valence-corrected chi connectivity index (χ4v) is 3.55. The average molecular weight is 336 g/mol. The van der Waals surface area contributed by atoms with Gasteiger partial charge in [-0.05, 0) is 56.8 Å². The molecule has 2 aromatic heterocycles. The van der Waals surface area contributed by atoms with Gasteiger partial charge in [0.1, 0.15) is 0 Å². The van der Waals surface area contributed by atoms with Crippen LogP contribution in [0.15, 0.2) is 22.0 Å². The maximum absolute atomic E-state index is 8.98. The molecule has 1 saturated heterocycles. The number of hydrogen-bond acceptors (Lipinski definition) is 7. The van der Waals surface area contributed by atoms with Gasteiger partial charge in [-0.2, -0.15) is 4.98 Å². The molecule has 6 nitrogen and oxygen atoms in total. The van der Waals surface area contributed by atoms with Crippen molar-refractivity contribution in [3.05, 3.63) is 23.4 Å². The first-order valence-corrected chi connectivity index (χ1v) is 9.08. The van der Waals surface area contributed by atoms with Crippen LogP contribution in [-0.4, -0.2) is 52.9 Å². The Bertz CT molecular complexity index is 579. The summed E-state index contributed by atoms with van der Waals surface area (Å²) >= 11 is 1.61. The molecule has 3 rings (SSSR count). The Morgan fingerprint density at radius 3 is 3.00 bits per heavy atom. The average Bonchev–Trinajstić information content (AvgIpc) is 3.25. The predicted molar refractivity (Wildman–Crippen MR) is 90.3 cm³/mol. The van der Waals surface area contributed by atoms with E-state index in [4.69, 9.17) is 9.63 Å². The molecule has 1 fully saturated rings. The zero-order valence-electron chi connectivity index (χ0n) is 13.4. The van der Waals surface area contributed by atoms with E-state index in [1.807, 2.05) is 17.5 Å². The predicted octanol–water partition coefficient (Wildman–Crippen LogP) is 2.15. The van der Waals surface area contributed by atoms with Gasteiger partial charge in [0.2, 0.25) is 11.7 Å². The van der Waals surface area contributed by atoms with Gasteiger partial charge >= 0.3 is 0 Å². The molecule has 0 bridgehead atoms. The number of nitrogens with one attached hydrogen (secondary N) is 1. The molecule has 0 aliphatic carbocycles. The fraction of sp³-hybridized carbons (Fsp3) is 0.625. The van der Waals surface area contributed by atoms with Crippen molar-refractivity contribution >= 4 is 11.3 Å². The van der Waals surface area contributed by atoms with Crippen LogP contribution in [0.4, 0.5) is 0 Å². The molecule has 0 unspecified atom stereocenters. The molecule has 0 spiro atoms. The van der Waals surface area contributed by atoms with E-state index in [9.17, 15) is 0 Å². The van der Waals surface area contributed by atoms with Crippen molar-refractivity contribution in [2.75, 3.05) is 32.8 Å². The Morgan fingerprint density at radius 1 is 1.48 bits per heavy atom. The van der Waals surface area contributed by atoms with Crippen molar-refractivity contribution in [3.8, 4) is 10.7 Å². The van der Waals surface area contributed by atoms with E-state index in [1.54, 1.807) is 11.3 Å². The molecule has 0 saturated carbocycles. The number of thiophene rings is 1. The van der Waals surface area contributed by atoms with E-state index < -0.39 is 0 Å². The molecule has 0 radical (unpaired) electrons. The summed E-state index contributed by atoms with van der Waals surface area (Å²) < 4.78 is 5.39. The smallest absolute Gasteiger partial charge is 0.243 e. The molecule has 0 amide bonds. The normalized spacial score (nSPS) is 18.3. The number of piperidine rings is 1. The third-order valence-corrected chi connectivity index (χ3v) is 5.26. The lowest BCUT2D eigenvalue weighted by molar-refractivity contribution is 0.145. The van der Waals surface area contributed by atoms with Crippen molar-refractivity contribution in [1.29, 1.82) is 0 Å². The molecular weight excluding hydrogens is 312 g/mol. The number of nitrogens with zero attached hydrogens (tertiary/aromatic N) is 3. The minimum Gasteiger partial charge on any atom is -0.395 e. The zero-order valence-corrected chi connectivity index (χ0v) is 14.3. The molecule has 1 aliphatic rings.